The molecule has 0 saturated heterocycles. The Bertz CT molecular complexity index is 374. The van der Waals surface area contributed by atoms with Crippen LogP contribution < -0.4 is 10.1 Å². The second kappa shape index (κ2) is 5.63. The molecule has 5 heteroatoms. The molecule has 0 amide bonds. The monoisotopic (exact) mass is 238 g/mol. The van der Waals surface area contributed by atoms with Crippen molar-refractivity contribution in [2.75, 3.05) is 13.7 Å². The molecule has 1 N–H and O–H groups in total. The molecular weight excluding hydrogens is 220 g/mol. The van der Waals surface area contributed by atoms with Crippen molar-refractivity contribution in [2.24, 2.45) is 0 Å². The largest absolute Gasteiger partial charge is 0.497 e. The van der Waals surface area contributed by atoms with Gasteiger partial charge in [0.25, 0.3) is 0 Å². The third-order valence-corrected chi connectivity index (χ3v) is 2.54. The first-order valence-corrected chi connectivity index (χ1v) is 5.44. The molecule has 0 aliphatic carbocycles. The van der Waals surface area contributed by atoms with Gasteiger partial charge >= 0.3 is 0 Å². The van der Waals surface area contributed by atoms with Gasteiger partial charge in [-0.1, -0.05) is 12.1 Å². The van der Waals surface area contributed by atoms with Crippen molar-refractivity contribution in [3.05, 3.63) is 39.9 Å². The van der Waals surface area contributed by atoms with Gasteiger partial charge in [-0.15, -0.1) is 0 Å². The Kier molecular flexibility index (Phi) is 4.45. The van der Waals surface area contributed by atoms with Gasteiger partial charge in [-0.3, -0.25) is 10.1 Å². The van der Waals surface area contributed by atoms with Crippen LogP contribution in [0.1, 0.15) is 19.4 Å². The first-order chi connectivity index (χ1) is 7.95. The quantitative estimate of drug-likeness (QED) is 0.606. The van der Waals surface area contributed by atoms with Crippen molar-refractivity contribution in [3.63, 3.8) is 0 Å². The number of hydrogen-bond donors (Lipinski definition) is 1. The summed E-state index contributed by atoms with van der Waals surface area (Å²) in [6.07, 6.45) is 0. The van der Waals surface area contributed by atoms with E-state index in [9.17, 15) is 10.1 Å². The van der Waals surface area contributed by atoms with Crippen LogP contribution in [0.2, 0.25) is 0 Å². The van der Waals surface area contributed by atoms with Crippen molar-refractivity contribution in [2.45, 2.75) is 25.9 Å². The summed E-state index contributed by atoms with van der Waals surface area (Å²) in [6.45, 7) is 4.16. The van der Waals surface area contributed by atoms with Crippen LogP contribution >= 0.6 is 0 Å². The summed E-state index contributed by atoms with van der Waals surface area (Å²) in [5, 5.41) is 13.8. The SMILES string of the molecule is COc1ccc(CNCC(C)(C)[N+](=O)[O-])cc1. The Hall–Kier alpha value is -1.62. The van der Waals surface area contributed by atoms with Crippen LogP contribution in [0.5, 0.6) is 5.75 Å². The number of hydrogen-bond acceptors (Lipinski definition) is 4. The molecule has 0 fully saturated rings. The minimum Gasteiger partial charge on any atom is -0.497 e. The standard InChI is InChI=1S/C12H18N2O3/c1-12(2,14(15)16)9-13-8-10-4-6-11(17-3)7-5-10/h4-7,13H,8-9H2,1-3H3. The average molecular weight is 238 g/mol. The molecule has 1 aromatic rings. The first kappa shape index (κ1) is 13.4. The van der Waals surface area contributed by atoms with E-state index in [1.54, 1.807) is 21.0 Å². The van der Waals surface area contributed by atoms with E-state index in [1.807, 2.05) is 24.3 Å². The highest BCUT2D eigenvalue weighted by molar-refractivity contribution is 5.26. The first-order valence-electron chi connectivity index (χ1n) is 5.44. The van der Waals surface area contributed by atoms with Gasteiger partial charge < -0.3 is 10.1 Å². The number of ether oxygens (including phenoxy) is 1. The Morgan fingerprint density at radius 1 is 1.35 bits per heavy atom. The molecule has 0 aromatic heterocycles. The van der Waals surface area contributed by atoms with Crippen LogP contribution in [0.15, 0.2) is 24.3 Å². The zero-order valence-electron chi connectivity index (χ0n) is 10.4. The molecular formula is C12H18N2O3. The summed E-state index contributed by atoms with van der Waals surface area (Å²) in [4.78, 5) is 10.4. The van der Waals surface area contributed by atoms with E-state index in [0.29, 0.717) is 13.1 Å². The summed E-state index contributed by atoms with van der Waals surface area (Å²) in [6, 6.07) is 7.61. The molecule has 0 aliphatic rings. The second-order valence-corrected chi connectivity index (χ2v) is 4.52. The van der Waals surface area contributed by atoms with Crippen molar-refractivity contribution in [1.29, 1.82) is 0 Å². The zero-order valence-corrected chi connectivity index (χ0v) is 10.4. The van der Waals surface area contributed by atoms with E-state index in [0.717, 1.165) is 11.3 Å². The molecule has 1 rings (SSSR count). The van der Waals surface area contributed by atoms with Crippen molar-refractivity contribution < 1.29 is 9.66 Å². The molecule has 0 unspecified atom stereocenters. The molecule has 0 heterocycles. The lowest BCUT2D eigenvalue weighted by molar-refractivity contribution is -0.558. The Labute approximate surface area is 101 Å². The third kappa shape index (κ3) is 4.03. The van der Waals surface area contributed by atoms with Crippen molar-refractivity contribution >= 4 is 0 Å². The molecule has 1 aromatic carbocycles. The Morgan fingerprint density at radius 3 is 2.41 bits per heavy atom. The number of methoxy groups -OCH3 is 1. The van der Waals surface area contributed by atoms with E-state index in [4.69, 9.17) is 4.74 Å². The number of nitro groups is 1. The maximum atomic E-state index is 10.7. The van der Waals surface area contributed by atoms with Gasteiger partial charge in [0.2, 0.25) is 5.54 Å². The molecule has 0 spiro atoms. The fraction of sp³-hybridized carbons (Fsp3) is 0.500. The summed E-state index contributed by atoms with van der Waals surface area (Å²) >= 11 is 0. The van der Waals surface area contributed by atoms with Gasteiger partial charge in [0.05, 0.1) is 13.7 Å². The summed E-state index contributed by atoms with van der Waals surface area (Å²) < 4.78 is 5.05. The normalized spacial score (nSPS) is 11.2. The maximum absolute atomic E-state index is 10.7. The van der Waals surface area contributed by atoms with Gasteiger partial charge in [0.15, 0.2) is 0 Å². The Morgan fingerprint density at radius 2 is 1.94 bits per heavy atom. The molecule has 17 heavy (non-hydrogen) atoms. The summed E-state index contributed by atoms with van der Waals surface area (Å²) in [5.74, 6) is 0.805. The van der Waals surface area contributed by atoms with Crippen LogP contribution in [0.25, 0.3) is 0 Å². The molecule has 5 nitrogen and oxygen atoms in total. The molecule has 0 radical (unpaired) electrons. The van der Waals surface area contributed by atoms with Crippen LogP contribution in [-0.4, -0.2) is 24.1 Å². The van der Waals surface area contributed by atoms with Gasteiger partial charge in [0.1, 0.15) is 5.75 Å². The number of nitrogens with one attached hydrogen (secondary N) is 1. The lowest BCUT2D eigenvalue weighted by Gasteiger charge is -2.16. The fourth-order valence-corrected chi connectivity index (χ4v) is 1.32. The van der Waals surface area contributed by atoms with E-state index >= 15 is 0 Å². The van der Waals surface area contributed by atoms with E-state index in [-0.39, 0.29) is 4.92 Å². The van der Waals surface area contributed by atoms with Gasteiger partial charge in [-0.05, 0) is 17.7 Å². The highest BCUT2D eigenvalue weighted by atomic mass is 16.6. The van der Waals surface area contributed by atoms with Crippen LogP contribution in [0.4, 0.5) is 0 Å². The molecule has 0 atom stereocenters. The highest BCUT2D eigenvalue weighted by Crippen LogP contribution is 2.11. The molecule has 94 valence electrons. The predicted molar refractivity (Wildman–Crippen MR) is 65.8 cm³/mol. The minimum atomic E-state index is -0.938. The molecule has 0 bridgehead atoms. The number of benzene rings is 1. The predicted octanol–water partition coefficient (Wildman–Crippen LogP) is 1.84. The van der Waals surface area contributed by atoms with E-state index < -0.39 is 5.54 Å². The van der Waals surface area contributed by atoms with Crippen LogP contribution in [0.3, 0.4) is 0 Å². The topological polar surface area (TPSA) is 64.4 Å². The number of rotatable bonds is 6. The van der Waals surface area contributed by atoms with Gasteiger partial charge in [-0.2, -0.15) is 0 Å². The zero-order chi connectivity index (χ0) is 12.9. The average Bonchev–Trinajstić information content (AvgIpc) is 2.29. The lowest BCUT2D eigenvalue weighted by atomic mass is 10.1. The van der Waals surface area contributed by atoms with Gasteiger partial charge in [0, 0.05) is 25.3 Å². The maximum Gasteiger partial charge on any atom is 0.229 e. The fourth-order valence-electron chi connectivity index (χ4n) is 1.32. The second-order valence-electron chi connectivity index (χ2n) is 4.52. The third-order valence-electron chi connectivity index (χ3n) is 2.54. The van der Waals surface area contributed by atoms with Crippen molar-refractivity contribution in [3.8, 4) is 5.75 Å². The number of nitrogens with zero attached hydrogens (tertiary/aromatic N) is 1. The van der Waals surface area contributed by atoms with Crippen LogP contribution in [0, 0.1) is 10.1 Å². The highest BCUT2D eigenvalue weighted by Gasteiger charge is 2.29. The molecule has 0 saturated carbocycles. The van der Waals surface area contributed by atoms with Gasteiger partial charge in [-0.25, -0.2) is 0 Å². The lowest BCUT2D eigenvalue weighted by Crippen LogP contribution is -2.41. The summed E-state index contributed by atoms with van der Waals surface area (Å²) in [5.41, 5.74) is 0.136. The van der Waals surface area contributed by atoms with E-state index in [2.05, 4.69) is 5.32 Å². The summed E-state index contributed by atoms with van der Waals surface area (Å²) in [7, 11) is 1.62. The van der Waals surface area contributed by atoms with Crippen LogP contribution in [-0.2, 0) is 6.54 Å². The minimum absolute atomic E-state index is 0.270. The smallest absolute Gasteiger partial charge is 0.229 e. The van der Waals surface area contributed by atoms with E-state index in [1.165, 1.54) is 0 Å². The van der Waals surface area contributed by atoms with Crippen molar-refractivity contribution in [1.82, 2.24) is 5.32 Å². The molecule has 0 aliphatic heterocycles. The Balaban J connectivity index is 2.43.